The predicted octanol–water partition coefficient (Wildman–Crippen LogP) is 1.75. The van der Waals surface area contributed by atoms with E-state index in [0.29, 0.717) is 12.6 Å². The normalized spacial score (nSPS) is 36.0. The van der Waals surface area contributed by atoms with Gasteiger partial charge in [0, 0.05) is 0 Å². The number of rotatable bonds is 2. The van der Waals surface area contributed by atoms with Gasteiger partial charge < -0.3 is 9.64 Å². The van der Waals surface area contributed by atoms with Crippen molar-refractivity contribution in [3.05, 3.63) is 35.4 Å². The lowest BCUT2D eigenvalue weighted by molar-refractivity contribution is -0.131. The minimum Gasteiger partial charge on any atom is -0.373 e. The average molecular weight is 272 g/mol. The van der Waals surface area contributed by atoms with Crippen LogP contribution < -0.4 is 5.32 Å². The molecule has 3 aliphatic rings. The Bertz CT molecular complexity index is 528. The van der Waals surface area contributed by atoms with Crippen LogP contribution in [-0.4, -0.2) is 35.6 Å². The van der Waals surface area contributed by atoms with Crippen LogP contribution in [0.3, 0.4) is 0 Å². The molecule has 3 saturated heterocycles. The van der Waals surface area contributed by atoms with Gasteiger partial charge in [-0.2, -0.15) is 0 Å². The summed E-state index contributed by atoms with van der Waals surface area (Å²) >= 11 is 0. The molecule has 4 nitrogen and oxygen atoms in total. The summed E-state index contributed by atoms with van der Waals surface area (Å²) in [6, 6.07) is 8.70. The van der Waals surface area contributed by atoms with Gasteiger partial charge in [-0.25, -0.2) is 0 Å². The molecule has 4 rings (SSSR count). The van der Waals surface area contributed by atoms with Gasteiger partial charge in [-0.3, -0.25) is 10.1 Å². The molecule has 1 amide bonds. The number of fused-ring (bicyclic) bond motifs is 2. The van der Waals surface area contributed by atoms with Crippen molar-refractivity contribution < 1.29 is 9.53 Å². The second-order valence-corrected chi connectivity index (χ2v) is 6.17. The fourth-order valence-electron chi connectivity index (χ4n) is 3.82. The summed E-state index contributed by atoms with van der Waals surface area (Å²) in [6.45, 7) is 2.52. The predicted molar refractivity (Wildman–Crippen MR) is 75.1 cm³/mol. The van der Waals surface area contributed by atoms with E-state index >= 15 is 0 Å². The quantitative estimate of drug-likeness (QED) is 0.891. The minimum atomic E-state index is 0.0102. The third-order valence-electron chi connectivity index (χ3n) is 4.84. The van der Waals surface area contributed by atoms with Crippen molar-refractivity contribution in [2.75, 3.05) is 6.54 Å². The molecule has 1 aromatic carbocycles. The van der Waals surface area contributed by atoms with Crippen molar-refractivity contribution in [2.45, 2.75) is 50.6 Å². The number of hydrogen-bond acceptors (Lipinski definition) is 3. The van der Waals surface area contributed by atoms with E-state index in [9.17, 15) is 4.79 Å². The van der Waals surface area contributed by atoms with Crippen LogP contribution in [0.25, 0.3) is 0 Å². The largest absolute Gasteiger partial charge is 0.373 e. The van der Waals surface area contributed by atoms with Crippen molar-refractivity contribution in [1.82, 2.24) is 10.2 Å². The maximum atomic E-state index is 12.3. The molecule has 3 aliphatic heterocycles. The molecule has 4 atom stereocenters. The number of ether oxygens (including phenoxy) is 1. The van der Waals surface area contributed by atoms with Gasteiger partial charge in [0.25, 0.3) is 0 Å². The van der Waals surface area contributed by atoms with E-state index in [-0.39, 0.29) is 24.2 Å². The number of carbonyl (C=O) groups is 1. The molecule has 1 aromatic rings. The van der Waals surface area contributed by atoms with Crippen molar-refractivity contribution in [1.29, 1.82) is 0 Å². The summed E-state index contributed by atoms with van der Waals surface area (Å²) in [6.07, 6.45) is 3.89. The standard InChI is InChI=1S/C16H20N2O2/c1-10-2-4-11(5-3-10)16-17-9-15(19)18(16)13-8-12-6-7-14(13)20-12/h2-5,12-14,16-17H,6-9H2,1H3. The minimum absolute atomic E-state index is 0.0102. The van der Waals surface area contributed by atoms with Crippen molar-refractivity contribution in [3.63, 3.8) is 0 Å². The molecular formula is C16H20N2O2. The van der Waals surface area contributed by atoms with Crippen LogP contribution in [0.5, 0.6) is 0 Å². The molecule has 0 spiro atoms. The monoisotopic (exact) mass is 272 g/mol. The van der Waals surface area contributed by atoms with Crippen LogP contribution in [0.2, 0.25) is 0 Å². The summed E-state index contributed by atoms with van der Waals surface area (Å²) in [5.41, 5.74) is 2.41. The first-order valence-electron chi connectivity index (χ1n) is 7.49. The molecule has 20 heavy (non-hydrogen) atoms. The van der Waals surface area contributed by atoms with E-state index < -0.39 is 0 Å². The number of hydrogen-bond donors (Lipinski definition) is 1. The van der Waals surface area contributed by atoms with Gasteiger partial charge in [0.05, 0.1) is 24.8 Å². The highest BCUT2D eigenvalue weighted by Gasteiger charge is 2.48. The number of carbonyl (C=O) groups excluding carboxylic acids is 1. The number of amides is 1. The molecule has 4 heteroatoms. The molecule has 1 N–H and O–H groups in total. The molecule has 106 valence electrons. The number of aryl methyl sites for hydroxylation is 1. The lowest BCUT2D eigenvalue weighted by atomic mass is 9.93. The summed E-state index contributed by atoms with van der Waals surface area (Å²) in [4.78, 5) is 14.3. The van der Waals surface area contributed by atoms with E-state index in [2.05, 4.69) is 36.5 Å². The molecular weight excluding hydrogens is 252 g/mol. The Morgan fingerprint density at radius 1 is 1.25 bits per heavy atom. The van der Waals surface area contributed by atoms with Crippen LogP contribution in [0.15, 0.2) is 24.3 Å². The lowest BCUT2D eigenvalue weighted by Gasteiger charge is -2.34. The highest BCUT2D eigenvalue weighted by Crippen LogP contribution is 2.40. The second kappa shape index (κ2) is 4.57. The Morgan fingerprint density at radius 2 is 2.05 bits per heavy atom. The van der Waals surface area contributed by atoms with E-state index in [1.165, 1.54) is 11.1 Å². The maximum absolute atomic E-state index is 12.3. The highest BCUT2D eigenvalue weighted by molar-refractivity contribution is 5.81. The van der Waals surface area contributed by atoms with Crippen molar-refractivity contribution in [3.8, 4) is 0 Å². The van der Waals surface area contributed by atoms with Gasteiger partial charge in [0.15, 0.2) is 0 Å². The fraction of sp³-hybridized carbons (Fsp3) is 0.562. The molecule has 3 heterocycles. The fourth-order valence-corrected chi connectivity index (χ4v) is 3.82. The zero-order chi connectivity index (χ0) is 13.7. The van der Waals surface area contributed by atoms with Gasteiger partial charge in [0.2, 0.25) is 5.91 Å². The van der Waals surface area contributed by atoms with E-state index in [0.717, 1.165) is 19.3 Å². The molecule has 0 radical (unpaired) electrons. The van der Waals surface area contributed by atoms with Gasteiger partial charge in [-0.05, 0) is 31.7 Å². The van der Waals surface area contributed by atoms with Gasteiger partial charge in [0.1, 0.15) is 6.17 Å². The van der Waals surface area contributed by atoms with Gasteiger partial charge >= 0.3 is 0 Å². The first kappa shape index (κ1) is 12.4. The van der Waals surface area contributed by atoms with Gasteiger partial charge in [-0.1, -0.05) is 29.8 Å². The molecule has 4 unspecified atom stereocenters. The van der Waals surface area contributed by atoms with Crippen LogP contribution in [0.4, 0.5) is 0 Å². The third-order valence-corrected chi connectivity index (χ3v) is 4.84. The van der Waals surface area contributed by atoms with Crippen LogP contribution >= 0.6 is 0 Å². The summed E-state index contributed by atoms with van der Waals surface area (Å²) < 4.78 is 5.93. The molecule has 2 bridgehead atoms. The molecule has 0 aromatic heterocycles. The number of nitrogens with zero attached hydrogens (tertiary/aromatic N) is 1. The molecule has 0 aliphatic carbocycles. The Morgan fingerprint density at radius 3 is 2.70 bits per heavy atom. The van der Waals surface area contributed by atoms with E-state index in [4.69, 9.17) is 4.74 Å². The Balaban J connectivity index is 1.62. The summed E-state index contributed by atoms with van der Waals surface area (Å²) in [5.74, 6) is 0.205. The van der Waals surface area contributed by atoms with E-state index in [1.54, 1.807) is 0 Å². The number of benzene rings is 1. The van der Waals surface area contributed by atoms with Crippen LogP contribution in [-0.2, 0) is 9.53 Å². The topological polar surface area (TPSA) is 41.6 Å². The first-order valence-corrected chi connectivity index (χ1v) is 7.49. The summed E-state index contributed by atoms with van der Waals surface area (Å²) in [5, 5.41) is 3.35. The van der Waals surface area contributed by atoms with Crippen molar-refractivity contribution >= 4 is 5.91 Å². The second-order valence-electron chi connectivity index (χ2n) is 6.17. The Labute approximate surface area is 119 Å². The van der Waals surface area contributed by atoms with E-state index in [1.807, 2.05) is 4.90 Å². The van der Waals surface area contributed by atoms with Crippen LogP contribution in [0, 0.1) is 6.92 Å². The third kappa shape index (κ3) is 1.86. The average Bonchev–Trinajstić information content (AvgIpc) is 3.14. The zero-order valence-electron chi connectivity index (χ0n) is 11.7. The Kier molecular flexibility index (Phi) is 2.82. The Hall–Kier alpha value is -1.39. The first-order chi connectivity index (χ1) is 9.72. The SMILES string of the molecule is Cc1ccc(C2NCC(=O)N2C2CC3CCC2O3)cc1. The zero-order valence-corrected chi connectivity index (χ0v) is 11.7. The van der Waals surface area contributed by atoms with Crippen molar-refractivity contribution in [2.24, 2.45) is 0 Å². The van der Waals surface area contributed by atoms with Gasteiger partial charge in [-0.15, -0.1) is 0 Å². The van der Waals surface area contributed by atoms with Crippen LogP contribution in [0.1, 0.15) is 36.6 Å². The molecule has 3 fully saturated rings. The summed E-state index contributed by atoms with van der Waals surface area (Å²) in [7, 11) is 0. The highest BCUT2D eigenvalue weighted by atomic mass is 16.5. The number of nitrogens with one attached hydrogen (secondary N) is 1. The maximum Gasteiger partial charge on any atom is 0.238 e. The smallest absolute Gasteiger partial charge is 0.238 e. The lowest BCUT2D eigenvalue weighted by Crippen LogP contribution is -2.45. The molecule has 0 saturated carbocycles.